The highest BCUT2D eigenvalue weighted by Gasteiger charge is 2.09. The van der Waals surface area contributed by atoms with E-state index in [2.05, 4.69) is 9.88 Å². The Bertz CT molecular complexity index is 634. The minimum atomic E-state index is -0.944. The summed E-state index contributed by atoms with van der Waals surface area (Å²) in [7, 11) is 1.99. The largest absolute Gasteiger partial charge is 0.478 e. The van der Waals surface area contributed by atoms with Crippen molar-refractivity contribution < 1.29 is 9.90 Å². The van der Waals surface area contributed by atoms with Gasteiger partial charge in [0.05, 0.1) is 17.7 Å². The Morgan fingerprint density at radius 3 is 2.85 bits per heavy atom. The fourth-order valence-electron chi connectivity index (χ4n) is 1.92. The molecule has 0 saturated carbocycles. The Morgan fingerprint density at radius 2 is 2.20 bits per heavy atom. The molecular weight excluding hydrogens is 272 g/mol. The van der Waals surface area contributed by atoms with Gasteiger partial charge in [0, 0.05) is 23.7 Å². The number of aliphatic carboxylic acids is 1. The van der Waals surface area contributed by atoms with Crippen molar-refractivity contribution in [3.63, 3.8) is 0 Å². The lowest BCUT2D eigenvalue weighted by atomic mass is 10.1. The Kier molecular flexibility index (Phi) is 4.53. The lowest BCUT2D eigenvalue weighted by Crippen LogP contribution is -2.17. The molecule has 2 rings (SSSR count). The summed E-state index contributed by atoms with van der Waals surface area (Å²) < 4.78 is 0. The van der Waals surface area contributed by atoms with E-state index in [0.29, 0.717) is 0 Å². The van der Waals surface area contributed by atoms with E-state index in [1.54, 1.807) is 17.4 Å². The number of anilines is 1. The first-order valence-corrected chi connectivity index (χ1v) is 7.06. The molecule has 5 heteroatoms. The molecule has 0 bridgehead atoms. The van der Waals surface area contributed by atoms with E-state index in [1.807, 2.05) is 43.7 Å². The van der Waals surface area contributed by atoms with Gasteiger partial charge in [-0.25, -0.2) is 9.78 Å². The fourth-order valence-corrected chi connectivity index (χ4v) is 2.75. The molecule has 0 aliphatic carbocycles. The van der Waals surface area contributed by atoms with Crippen molar-refractivity contribution in [3.8, 4) is 0 Å². The number of aromatic nitrogens is 1. The zero-order valence-electron chi connectivity index (χ0n) is 11.4. The molecule has 4 nitrogen and oxygen atoms in total. The molecule has 0 spiro atoms. The first-order chi connectivity index (χ1) is 9.58. The van der Waals surface area contributed by atoms with E-state index in [9.17, 15) is 4.79 Å². The van der Waals surface area contributed by atoms with Crippen molar-refractivity contribution in [1.29, 1.82) is 0 Å². The second kappa shape index (κ2) is 6.34. The first-order valence-electron chi connectivity index (χ1n) is 6.18. The number of carboxylic acid groups (broad SMARTS) is 1. The second-order valence-corrected chi connectivity index (χ2v) is 5.39. The van der Waals surface area contributed by atoms with Crippen LogP contribution >= 0.6 is 11.3 Å². The standard InChI is InChI=1S/C15H16N2O2S/c1-11-14(20-10-16-11)9-17(2)13-6-4-3-5-12(13)7-8-15(18)19/h3-8,10H,9H2,1-2H3,(H,18,19). The van der Waals surface area contributed by atoms with Crippen LogP contribution in [-0.2, 0) is 11.3 Å². The predicted molar refractivity (Wildman–Crippen MR) is 82.1 cm³/mol. The highest BCUT2D eigenvalue weighted by Crippen LogP contribution is 2.24. The summed E-state index contributed by atoms with van der Waals surface area (Å²) in [5.74, 6) is -0.944. The van der Waals surface area contributed by atoms with Crippen molar-refractivity contribution in [2.45, 2.75) is 13.5 Å². The fraction of sp³-hybridized carbons (Fsp3) is 0.200. The lowest BCUT2D eigenvalue weighted by molar-refractivity contribution is -0.131. The summed E-state index contributed by atoms with van der Waals surface area (Å²) in [6.45, 7) is 2.75. The van der Waals surface area contributed by atoms with Crippen molar-refractivity contribution >= 4 is 29.1 Å². The van der Waals surface area contributed by atoms with Crippen LogP contribution in [0.1, 0.15) is 16.1 Å². The Balaban J connectivity index is 2.23. The molecule has 0 atom stereocenters. The van der Waals surface area contributed by atoms with Crippen LogP contribution in [0.4, 0.5) is 5.69 Å². The minimum absolute atomic E-state index is 0.758. The summed E-state index contributed by atoms with van der Waals surface area (Å²) >= 11 is 1.63. The molecule has 20 heavy (non-hydrogen) atoms. The second-order valence-electron chi connectivity index (χ2n) is 4.45. The topological polar surface area (TPSA) is 53.4 Å². The molecule has 0 aliphatic rings. The molecule has 0 saturated heterocycles. The Labute approximate surface area is 122 Å². The van der Waals surface area contributed by atoms with Crippen LogP contribution < -0.4 is 4.90 Å². The quantitative estimate of drug-likeness (QED) is 0.859. The molecule has 0 radical (unpaired) electrons. The number of rotatable bonds is 5. The van der Waals surface area contributed by atoms with Crippen molar-refractivity contribution in [2.75, 3.05) is 11.9 Å². The third-order valence-electron chi connectivity index (χ3n) is 2.98. The maximum atomic E-state index is 10.6. The monoisotopic (exact) mass is 288 g/mol. The van der Waals surface area contributed by atoms with Gasteiger partial charge in [0.15, 0.2) is 0 Å². The molecule has 1 heterocycles. The maximum Gasteiger partial charge on any atom is 0.328 e. The predicted octanol–water partition coefficient (Wildman–Crippen LogP) is 3.19. The van der Waals surface area contributed by atoms with Gasteiger partial charge < -0.3 is 10.0 Å². The van der Waals surface area contributed by atoms with Crippen molar-refractivity contribution in [3.05, 3.63) is 52.0 Å². The third-order valence-corrected chi connectivity index (χ3v) is 3.90. The summed E-state index contributed by atoms with van der Waals surface area (Å²) in [5, 5.41) is 8.74. The molecule has 1 N–H and O–H groups in total. The summed E-state index contributed by atoms with van der Waals surface area (Å²) in [4.78, 5) is 18.2. The number of hydrogen-bond acceptors (Lipinski definition) is 4. The zero-order valence-corrected chi connectivity index (χ0v) is 12.2. The normalized spacial score (nSPS) is 10.9. The van der Waals surface area contributed by atoms with Crippen molar-refractivity contribution in [1.82, 2.24) is 4.98 Å². The average Bonchev–Trinajstić information content (AvgIpc) is 2.82. The number of thiazole rings is 1. The number of aryl methyl sites for hydroxylation is 1. The van der Waals surface area contributed by atoms with Gasteiger partial charge in [-0.15, -0.1) is 11.3 Å². The SMILES string of the molecule is Cc1ncsc1CN(C)c1ccccc1C=CC(=O)O. The average molecular weight is 288 g/mol. The smallest absolute Gasteiger partial charge is 0.328 e. The van der Waals surface area contributed by atoms with E-state index >= 15 is 0 Å². The minimum Gasteiger partial charge on any atom is -0.478 e. The van der Waals surface area contributed by atoms with Gasteiger partial charge in [-0.1, -0.05) is 18.2 Å². The maximum absolute atomic E-state index is 10.6. The molecule has 0 unspecified atom stereocenters. The molecule has 0 fully saturated rings. The number of nitrogens with zero attached hydrogens (tertiary/aromatic N) is 2. The summed E-state index contributed by atoms with van der Waals surface area (Å²) in [6, 6.07) is 7.74. The van der Waals surface area contributed by atoms with Gasteiger partial charge in [-0.05, 0) is 24.6 Å². The van der Waals surface area contributed by atoms with Gasteiger partial charge in [-0.2, -0.15) is 0 Å². The van der Waals surface area contributed by atoms with E-state index in [0.717, 1.165) is 29.6 Å². The lowest BCUT2D eigenvalue weighted by Gasteiger charge is -2.21. The van der Waals surface area contributed by atoms with Crippen LogP contribution in [-0.4, -0.2) is 23.1 Å². The highest BCUT2D eigenvalue weighted by molar-refractivity contribution is 7.09. The van der Waals surface area contributed by atoms with Gasteiger partial charge in [-0.3, -0.25) is 0 Å². The highest BCUT2D eigenvalue weighted by atomic mass is 32.1. The molecule has 104 valence electrons. The number of carboxylic acids is 1. The van der Waals surface area contributed by atoms with Crippen LogP contribution in [0.15, 0.2) is 35.9 Å². The molecule has 1 aromatic heterocycles. The van der Waals surface area contributed by atoms with E-state index in [-0.39, 0.29) is 0 Å². The van der Waals surface area contributed by atoms with Crippen LogP contribution in [0.25, 0.3) is 6.08 Å². The van der Waals surface area contributed by atoms with Crippen molar-refractivity contribution in [2.24, 2.45) is 0 Å². The van der Waals surface area contributed by atoms with Crippen LogP contribution in [0.3, 0.4) is 0 Å². The van der Waals surface area contributed by atoms with E-state index < -0.39 is 5.97 Å². The number of benzene rings is 1. The molecule has 0 amide bonds. The van der Waals surface area contributed by atoms with E-state index in [4.69, 9.17) is 5.11 Å². The van der Waals surface area contributed by atoms with Crippen LogP contribution in [0.5, 0.6) is 0 Å². The third kappa shape index (κ3) is 3.45. The molecule has 1 aromatic carbocycles. The van der Waals surface area contributed by atoms with Crippen LogP contribution in [0.2, 0.25) is 0 Å². The molecule has 0 aliphatic heterocycles. The Morgan fingerprint density at radius 1 is 1.45 bits per heavy atom. The number of para-hydroxylation sites is 1. The molecule has 2 aromatic rings. The van der Waals surface area contributed by atoms with E-state index in [1.165, 1.54) is 4.88 Å². The number of carbonyl (C=O) groups is 1. The zero-order chi connectivity index (χ0) is 14.5. The summed E-state index contributed by atoms with van der Waals surface area (Å²) in [6.07, 6.45) is 2.78. The van der Waals surface area contributed by atoms with Crippen LogP contribution in [0, 0.1) is 6.92 Å². The first kappa shape index (κ1) is 14.3. The molecular formula is C15H16N2O2S. The van der Waals surface area contributed by atoms with Gasteiger partial charge >= 0.3 is 5.97 Å². The van der Waals surface area contributed by atoms with Gasteiger partial charge in [0.2, 0.25) is 0 Å². The summed E-state index contributed by atoms with van der Waals surface area (Å²) in [5.41, 5.74) is 4.77. The van der Waals surface area contributed by atoms with Gasteiger partial charge in [0.1, 0.15) is 0 Å². The number of hydrogen-bond donors (Lipinski definition) is 1. The van der Waals surface area contributed by atoms with Gasteiger partial charge in [0.25, 0.3) is 0 Å². The Hall–Kier alpha value is -2.14.